The second-order valence-corrected chi connectivity index (χ2v) is 5.27. The maximum Gasteiger partial charge on any atom is 0.387 e. The van der Waals surface area contributed by atoms with Gasteiger partial charge in [0.05, 0.1) is 22.6 Å². The lowest BCUT2D eigenvalue weighted by Crippen LogP contribution is -2.07. The van der Waals surface area contributed by atoms with Gasteiger partial charge in [0.25, 0.3) is 5.69 Å². The van der Waals surface area contributed by atoms with Crippen molar-refractivity contribution < 1.29 is 32.7 Å². The van der Waals surface area contributed by atoms with Crippen LogP contribution in [-0.4, -0.2) is 24.6 Å². The summed E-state index contributed by atoms with van der Waals surface area (Å²) in [5.41, 5.74) is -0.0413. The minimum atomic E-state index is -3.01. The molecule has 7 nitrogen and oxygen atoms in total. The van der Waals surface area contributed by atoms with Crippen molar-refractivity contribution in [3.05, 3.63) is 62.7 Å². The van der Waals surface area contributed by atoms with Crippen LogP contribution in [0.15, 0.2) is 36.4 Å². The molecule has 0 unspecified atom stereocenters. The lowest BCUT2D eigenvalue weighted by Gasteiger charge is -2.12. The van der Waals surface area contributed by atoms with Crippen LogP contribution in [0.2, 0.25) is 5.02 Å². The SMILES string of the molecule is COc1cc(COC(=O)c2cc([N+](=O)[O-])ccc2Cl)ccc1OC(F)F. The molecule has 138 valence electrons. The number of esters is 1. The summed E-state index contributed by atoms with van der Waals surface area (Å²) >= 11 is 5.86. The number of hydrogen-bond donors (Lipinski definition) is 0. The molecule has 0 saturated heterocycles. The Balaban J connectivity index is 2.12. The summed E-state index contributed by atoms with van der Waals surface area (Å²) in [6.07, 6.45) is 0. The van der Waals surface area contributed by atoms with Gasteiger partial charge in [0.15, 0.2) is 11.5 Å². The number of nitro benzene ring substituents is 1. The van der Waals surface area contributed by atoms with E-state index in [-0.39, 0.29) is 34.4 Å². The largest absolute Gasteiger partial charge is 0.493 e. The maximum atomic E-state index is 12.3. The number of hydrogen-bond acceptors (Lipinski definition) is 6. The average Bonchev–Trinajstić information content (AvgIpc) is 2.60. The van der Waals surface area contributed by atoms with Gasteiger partial charge in [0.2, 0.25) is 0 Å². The number of nitro groups is 1. The van der Waals surface area contributed by atoms with Crippen molar-refractivity contribution in [2.24, 2.45) is 0 Å². The number of alkyl halides is 2. The number of carbonyl (C=O) groups excluding carboxylic acids is 1. The molecule has 0 radical (unpaired) electrons. The Bertz CT molecular complexity index is 830. The van der Waals surface area contributed by atoms with Crippen molar-refractivity contribution in [3.63, 3.8) is 0 Å². The Morgan fingerprint density at radius 2 is 1.96 bits per heavy atom. The van der Waals surface area contributed by atoms with Gasteiger partial charge in [-0.15, -0.1) is 0 Å². The number of ether oxygens (including phenoxy) is 3. The summed E-state index contributed by atoms with van der Waals surface area (Å²) < 4.78 is 38.9. The van der Waals surface area contributed by atoms with Crippen molar-refractivity contribution in [2.75, 3.05) is 7.11 Å². The highest BCUT2D eigenvalue weighted by atomic mass is 35.5. The lowest BCUT2D eigenvalue weighted by molar-refractivity contribution is -0.384. The van der Waals surface area contributed by atoms with Gasteiger partial charge in [-0.3, -0.25) is 10.1 Å². The highest BCUT2D eigenvalue weighted by molar-refractivity contribution is 6.33. The molecule has 0 fully saturated rings. The van der Waals surface area contributed by atoms with Crippen LogP contribution < -0.4 is 9.47 Å². The molecule has 2 aromatic carbocycles. The van der Waals surface area contributed by atoms with E-state index < -0.39 is 17.5 Å². The number of halogens is 3. The van der Waals surface area contributed by atoms with E-state index in [1.54, 1.807) is 0 Å². The van der Waals surface area contributed by atoms with Gasteiger partial charge >= 0.3 is 12.6 Å². The fourth-order valence-corrected chi connectivity index (χ4v) is 2.20. The number of methoxy groups -OCH3 is 1. The van der Waals surface area contributed by atoms with Crippen molar-refractivity contribution in [1.29, 1.82) is 0 Å². The van der Waals surface area contributed by atoms with Crippen LogP contribution in [0, 0.1) is 10.1 Å². The van der Waals surface area contributed by atoms with Gasteiger partial charge in [0, 0.05) is 12.1 Å². The van der Waals surface area contributed by atoms with Gasteiger partial charge in [-0.1, -0.05) is 17.7 Å². The molecule has 0 bridgehead atoms. The maximum absolute atomic E-state index is 12.3. The van der Waals surface area contributed by atoms with E-state index in [0.717, 1.165) is 12.1 Å². The molecular formula is C16H12ClF2NO6. The van der Waals surface area contributed by atoms with E-state index in [1.807, 2.05) is 0 Å². The zero-order chi connectivity index (χ0) is 19.3. The third-order valence-electron chi connectivity index (χ3n) is 3.19. The van der Waals surface area contributed by atoms with Gasteiger partial charge in [-0.2, -0.15) is 8.78 Å². The third kappa shape index (κ3) is 4.79. The van der Waals surface area contributed by atoms with E-state index in [1.165, 1.54) is 31.4 Å². The van der Waals surface area contributed by atoms with Gasteiger partial charge in [-0.25, -0.2) is 4.79 Å². The molecule has 2 aromatic rings. The van der Waals surface area contributed by atoms with Gasteiger partial charge in [-0.05, 0) is 23.8 Å². The highest BCUT2D eigenvalue weighted by Gasteiger charge is 2.18. The fraction of sp³-hybridized carbons (Fsp3) is 0.188. The molecule has 0 saturated carbocycles. The first-order chi connectivity index (χ1) is 12.3. The van der Waals surface area contributed by atoms with E-state index in [2.05, 4.69) is 4.74 Å². The van der Waals surface area contributed by atoms with E-state index in [4.69, 9.17) is 21.1 Å². The summed E-state index contributed by atoms with van der Waals surface area (Å²) in [6, 6.07) is 7.39. The molecule has 0 atom stereocenters. The van der Waals surface area contributed by atoms with Crippen molar-refractivity contribution in [3.8, 4) is 11.5 Å². The Kier molecular flexibility index (Phi) is 6.29. The monoisotopic (exact) mass is 387 g/mol. The second kappa shape index (κ2) is 8.43. The Morgan fingerprint density at radius 1 is 1.23 bits per heavy atom. The van der Waals surface area contributed by atoms with Crippen LogP contribution in [0.4, 0.5) is 14.5 Å². The first-order valence-corrected chi connectivity index (χ1v) is 7.42. The molecule has 10 heteroatoms. The number of rotatable bonds is 7. The lowest BCUT2D eigenvalue weighted by atomic mass is 10.2. The smallest absolute Gasteiger partial charge is 0.387 e. The quantitative estimate of drug-likeness (QED) is 0.401. The number of benzene rings is 2. The first kappa shape index (κ1) is 19.4. The van der Waals surface area contributed by atoms with Gasteiger partial charge in [0.1, 0.15) is 6.61 Å². The van der Waals surface area contributed by atoms with Crippen LogP contribution in [0.3, 0.4) is 0 Å². The summed E-state index contributed by atoms with van der Waals surface area (Å²) in [5, 5.41) is 10.8. The summed E-state index contributed by atoms with van der Waals surface area (Å²) in [6.45, 7) is -3.24. The van der Waals surface area contributed by atoms with Crippen molar-refractivity contribution >= 4 is 23.3 Å². The third-order valence-corrected chi connectivity index (χ3v) is 3.52. The molecule has 0 aliphatic heterocycles. The normalized spacial score (nSPS) is 10.5. The predicted molar refractivity (Wildman–Crippen MR) is 86.9 cm³/mol. The highest BCUT2D eigenvalue weighted by Crippen LogP contribution is 2.30. The average molecular weight is 388 g/mol. The molecule has 2 rings (SSSR count). The molecule has 0 N–H and O–H groups in total. The molecule has 0 amide bonds. The van der Waals surface area contributed by atoms with E-state index >= 15 is 0 Å². The number of carbonyl (C=O) groups is 1. The second-order valence-electron chi connectivity index (χ2n) is 4.86. The van der Waals surface area contributed by atoms with Crippen LogP contribution in [0.25, 0.3) is 0 Å². The van der Waals surface area contributed by atoms with Gasteiger partial charge < -0.3 is 14.2 Å². The van der Waals surface area contributed by atoms with Crippen LogP contribution in [0.5, 0.6) is 11.5 Å². The molecule has 0 aromatic heterocycles. The van der Waals surface area contributed by atoms with E-state index in [9.17, 15) is 23.7 Å². The van der Waals surface area contributed by atoms with E-state index in [0.29, 0.717) is 5.56 Å². The molecule has 0 spiro atoms. The summed E-state index contributed by atoms with van der Waals surface area (Å²) in [7, 11) is 1.27. The molecule has 26 heavy (non-hydrogen) atoms. The molecular weight excluding hydrogens is 376 g/mol. The summed E-state index contributed by atoms with van der Waals surface area (Å²) in [5.74, 6) is -1.00. The zero-order valence-electron chi connectivity index (χ0n) is 13.3. The minimum Gasteiger partial charge on any atom is -0.493 e. The number of nitrogens with zero attached hydrogens (tertiary/aromatic N) is 1. The standard InChI is InChI=1S/C16H12ClF2NO6/c1-24-14-6-9(2-5-13(14)26-16(18)19)8-25-15(21)11-7-10(20(22)23)3-4-12(11)17/h2-7,16H,8H2,1H3. The number of non-ortho nitro benzene ring substituents is 1. The fourth-order valence-electron chi connectivity index (χ4n) is 2.01. The Morgan fingerprint density at radius 3 is 2.58 bits per heavy atom. The Labute approximate surface area is 151 Å². The van der Waals surface area contributed by atoms with Crippen molar-refractivity contribution in [1.82, 2.24) is 0 Å². The predicted octanol–water partition coefficient (Wildman–Crippen LogP) is 4.22. The molecule has 0 aliphatic carbocycles. The zero-order valence-corrected chi connectivity index (χ0v) is 14.0. The Hall–Kier alpha value is -2.94. The molecule has 0 heterocycles. The van der Waals surface area contributed by atoms with Crippen LogP contribution >= 0.6 is 11.6 Å². The first-order valence-electron chi connectivity index (χ1n) is 7.04. The van der Waals surface area contributed by atoms with Crippen LogP contribution in [-0.2, 0) is 11.3 Å². The van der Waals surface area contributed by atoms with Crippen LogP contribution in [0.1, 0.15) is 15.9 Å². The molecule has 0 aliphatic rings. The topological polar surface area (TPSA) is 87.9 Å². The summed E-state index contributed by atoms with van der Waals surface area (Å²) in [4.78, 5) is 22.2. The van der Waals surface area contributed by atoms with Crippen molar-refractivity contribution in [2.45, 2.75) is 13.2 Å². The minimum absolute atomic E-state index is 0.00105.